The van der Waals surface area contributed by atoms with Gasteiger partial charge in [0.05, 0.1) is 6.54 Å². The average Bonchev–Trinajstić information content (AvgIpc) is 2.88. The molecule has 0 amide bonds. The van der Waals surface area contributed by atoms with Crippen LogP contribution in [0, 0.1) is 11.6 Å². The van der Waals surface area contributed by atoms with E-state index in [0.717, 1.165) is 18.6 Å². The van der Waals surface area contributed by atoms with Crippen molar-refractivity contribution in [2.24, 2.45) is 12.0 Å². The summed E-state index contributed by atoms with van der Waals surface area (Å²) in [5.41, 5.74) is 1.79. The van der Waals surface area contributed by atoms with E-state index in [1.165, 1.54) is 17.8 Å². The molecule has 0 saturated heterocycles. The molecule has 0 aliphatic heterocycles. The van der Waals surface area contributed by atoms with Gasteiger partial charge < -0.3 is 14.8 Å². The Hall–Kier alpha value is -1.64. The van der Waals surface area contributed by atoms with Crippen LogP contribution in [0.5, 0.6) is 0 Å². The molecule has 1 aromatic heterocycles. The zero-order chi connectivity index (χ0) is 16.8. The Kier molecular flexibility index (Phi) is 8.17. The highest BCUT2D eigenvalue weighted by atomic mass is 127. The molecular formula is C17H23F2IN4. The van der Waals surface area contributed by atoms with Crippen molar-refractivity contribution in [3.63, 3.8) is 0 Å². The first-order valence-corrected chi connectivity index (χ1v) is 7.46. The van der Waals surface area contributed by atoms with Crippen LogP contribution in [-0.2, 0) is 20.0 Å². The van der Waals surface area contributed by atoms with Crippen molar-refractivity contribution in [3.05, 3.63) is 59.4 Å². The van der Waals surface area contributed by atoms with Gasteiger partial charge in [-0.2, -0.15) is 0 Å². The van der Waals surface area contributed by atoms with E-state index in [0.29, 0.717) is 18.5 Å². The number of guanidine groups is 1. The minimum absolute atomic E-state index is 0. The molecule has 0 saturated carbocycles. The molecule has 0 aliphatic rings. The Morgan fingerprint density at radius 2 is 1.92 bits per heavy atom. The molecule has 0 bridgehead atoms. The second-order valence-corrected chi connectivity index (χ2v) is 5.47. The molecule has 24 heavy (non-hydrogen) atoms. The molecule has 0 fully saturated rings. The van der Waals surface area contributed by atoms with Gasteiger partial charge in [-0.05, 0) is 36.2 Å². The molecule has 0 spiro atoms. The van der Waals surface area contributed by atoms with Gasteiger partial charge in [-0.1, -0.05) is 0 Å². The number of hydrogen-bond donors (Lipinski definition) is 1. The van der Waals surface area contributed by atoms with Crippen molar-refractivity contribution in [1.29, 1.82) is 0 Å². The van der Waals surface area contributed by atoms with Gasteiger partial charge in [0.25, 0.3) is 0 Å². The van der Waals surface area contributed by atoms with Crippen LogP contribution in [0.1, 0.15) is 11.3 Å². The summed E-state index contributed by atoms with van der Waals surface area (Å²) < 4.78 is 28.4. The number of benzene rings is 1. The van der Waals surface area contributed by atoms with E-state index < -0.39 is 11.6 Å². The topological polar surface area (TPSA) is 32.6 Å². The zero-order valence-corrected chi connectivity index (χ0v) is 16.4. The Morgan fingerprint density at radius 1 is 1.25 bits per heavy atom. The highest BCUT2D eigenvalue weighted by Gasteiger charge is 2.08. The number of aryl methyl sites for hydroxylation is 1. The van der Waals surface area contributed by atoms with Gasteiger partial charge in [0.15, 0.2) is 5.96 Å². The summed E-state index contributed by atoms with van der Waals surface area (Å²) in [7, 11) is 5.66. The largest absolute Gasteiger partial charge is 0.356 e. The number of rotatable bonds is 5. The van der Waals surface area contributed by atoms with Gasteiger partial charge in [-0.25, -0.2) is 8.78 Å². The predicted molar refractivity (Wildman–Crippen MR) is 104 cm³/mol. The quantitative estimate of drug-likeness (QED) is 0.433. The van der Waals surface area contributed by atoms with Gasteiger partial charge >= 0.3 is 0 Å². The Labute approximate surface area is 158 Å². The van der Waals surface area contributed by atoms with E-state index in [2.05, 4.69) is 20.9 Å². The summed E-state index contributed by atoms with van der Waals surface area (Å²) in [6.45, 7) is 1.27. The van der Waals surface area contributed by atoms with Crippen LogP contribution in [0.3, 0.4) is 0 Å². The van der Waals surface area contributed by atoms with Crippen LogP contribution >= 0.6 is 24.0 Å². The molecule has 0 radical (unpaired) electrons. The number of nitrogens with one attached hydrogen (secondary N) is 1. The Morgan fingerprint density at radius 3 is 2.46 bits per heavy atom. The van der Waals surface area contributed by atoms with Gasteiger partial charge in [0, 0.05) is 45.6 Å². The fourth-order valence-electron chi connectivity index (χ4n) is 2.44. The molecule has 1 aromatic carbocycles. The maximum Gasteiger partial charge on any atom is 0.193 e. The Bertz CT molecular complexity index is 665. The van der Waals surface area contributed by atoms with Gasteiger partial charge in [-0.3, -0.25) is 4.99 Å². The summed E-state index contributed by atoms with van der Waals surface area (Å²) in [5, 5.41) is 3.21. The minimum Gasteiger partial charge on any atom is -0.356 e. The van der Waals surface area contributed by atoms with E-state index in [1.54, 1.807) is 7.05 Å². The normalized spacial score (nSPS) is 11.1. The fraction of sp³-hybridized carbons (Fsp3) is 0.353. The van der Waals surface area contributed by atoms with E-state index in [9.17, 15) is 8.78 Å². The molecule has 0 unspecified atom stereocenters. The number of aliphatic imine (C=N–C) groups is 1. The molecule has 0 aliphatic carbocycles. The third-order valence-electron chi connectivity index (χ3n) is 3.64. The van der Waals surface area contributed by atoms with Crippen LogP contribution in [-0.4, -0.2) is 36.1 Å². The van der Waals surface area contributed by atoms with Crippen molar-refractivity contribution in [2.45, 2.75) is 13.0 Å². The van der Waals surface area contributed by atoms with E-state index in [4.69, 9.17) is 0 Å². The molecular weight excluding hydrogens is 425 g/mol. The van der Waals surface area contributed by atoms with Crippen molar-refractivity contribution < 1.29 is 8.78 Å². The smallest absolute Gasteiger partial charge is 0.193 e. The van der Waals surface area contributed by atoms with E-state index in [-0.39, 0.29) is 24.0 Å². The molecule has 1 N–H and O–H groups in total. The fourth-order valence-corrected chi connectivity index (χ4v) is 2.44. The lowest BCUT2D eigenvalue weighted by Gasteiger charge is -2.22. The summed E-state index contributed by atoms with van der Waals surface area (Å²) >= 11 is 0. The first kappa shape index (κ1) is 20.4. The maximum atomic E-state index is 13.2. The van der Waals surface area contributed by atoms with Crippen molar-refractivity contribution in [1.82, 2.24) is 14.8 Å². The van der Waals surface area contributed by atoms with Crippen LogP contribution < -0.4 is 5.32 Å². The zero-order valence-electron chi connectivity index (χ0n) is 14.1. The van der Waals surface area contributed by atoms with Gasteiger partial charge in [0.1, 0.15) is 11.6 Å². The molecule has 2 aromatic rings. The summed E-state index contributed by atoms with van der Waals surface area (Å²) in [4.78, 5) is 6.24. The number of hydrogen-bond acceptors (Lipinski definition) is 1. The van der Waals surface area contributed by atoms with Crippen LogP contribution in [0.2, 0.25) is 0 Å². The van der Waals surface area contributed by atoms with Gasteiger partial charge in [-0.15, -0.1) is 24.0 Å². The number of halogens is 3. The lowest BCUT2D eigenvalue weighted by Crippen LogP contribution is -2.39. The molecule has 132 valence electrons. The summed E-state index contributed by atoms with van der Waals surface area (Å²) in [5.74, 6) is -0.363. The molecule has 1 heterocycles. The second kappa shape index (κ2) is 9.61. The SMILES string of the molecule is CN=C(NCCc1cc(F)cc(F)c1)N(C)Cc1cccn1C.I. The molecule has 7 heteroatoms. The maximum absolute atomic E-state index is 13.2. The lowest BCUT2D eigenvalue weighted by molar-refractivity contribution is 0.462. The monoisotopic (exact) mass is 448 g/mol. The Balaban J connectivity index is 0.00000288. The van der Waals surface area contributed by atoms with E-state index in [1.807, 2.05) is 31.3 Å². The standard InChI is InChI=1S/C17H22F2N4.HI/c1-20-17(23(3)12-16-5-4-8-22(16)2)21-7-6-13-9-14(18)11-15(19)10-13;/h4-5,8-11H,6-7,12H2,1-3H3,(H,20,21);1H. The first-order valence-electron chi connectivity index (χ1n) is 7.46. The van der Waals surface area contributed by atoms with Crippen molar-refractivity contribution in [2.75, 3.05) is 20.6 Å². The third-order valence-corrected chi connectivity index (χ3v) is 3.64. The average molecular weight is 448 g/mol. The lowest BCUT2D eigenvalue weighted by atomic mass is 10.1. The molecule has 4 nitrogen and oxygen atoms in total. The third kappa shape index (κ3) is 5.77. The van der Waals surface area contributed by atoms with Crippen LogP contribution in [0.4, 0.5) is 8.78 Å². The number of aromatic nitrogens is 1. The highest BCUT2D eigenvalue weighted by Crippen LogP contribution is 2.08. The second-order valence-electron chi connectivity index (χ2n) is 5.47. The predicted octanol–water partition coefficient (Wildman–Crippen LogP) is 3.17. The van der Waals surface area contributed by atoms with Crippen molar-refractivity contribution >= 4 is 29.9 Å². The van der Waals surface area contributed by atoms with Crippen molar-refractivity contribution in [3.8, 4) is 0 Å². The van der Waals surface area contributed by atoms with Crippen LogP contribution in [0.15, 0.2) is 41.5 Å². The number of nitrogens with zero attached hydrogens (tertiary/aromatic N) is 3. The highest BCUT2D eigenvalue weighted by molar-refractivity contribution is 14.0. The first-order chi connectivity index (χ1) is 11.0. The summed E-state index contributed by atoms with van der Waals surface area (Å²) in [6.07, 6.45) is 2.52. The van der Waals surface area contributed by atoms with Crippen LogP contribution in [0.25, 0.3) is 0 Å². The molecule has 2 rings (SSSR count). The minimum atomic E-state index is -0.551. The summed E-state index contributed by atoms with van der Waals surface area (Å²) in [6, 6.07) is 7.63. The molecule has 0 atom stereocenters. The van der Waals surface area contributed by atoms with Gasteiger partial charge in [0.2, 0.25) is 0 Å². The van der Waals surface area contributed by atoms with E-state index >= 15 is 0 Å².